The SMILES string of the molecule is CS(=O)(=O)B1c2ccsc2C=Cc2sccc21. The van der Waals surface area contributed by atoms with E-state index in [9.17, 15) is 8.42 Å². The van der Waals surface area contributed by atoms with E-state index >= 15 is 0 Å². The molecule has 86 valence electrons. The van der Waals surface area contributed by atoms with Crippen LogP contribution < -0.4 is 10.9 Å². The van der Waals surface area contributed by atoms with Gasteiger partial charge in [0.2, 0.25) is 0 Å². The maximum atomic E-state index is 12.0. The zero-order valence-corrected chi connectivity index (χ0v) is 11.5. The van der Waals surface area contributed by atoms with Gasteiger partial charge in [-0.1, -0.05) is 12.1 Å². The van der Waals surface area contributed by atoms with E-state index in [4.69, 9.17) is 0 Å². The summed E-state index contributed by atoms with van der Waals surface area (Å²) in [6.07, 6.45) is 5.34. The normalized spacial score (nSPS) is 14.3. The molecule has 0 amide bonds. The third kappa shape index (κ3) is 1.80. The predicted molar refractivity (Wildman–Crippen MR) is 77.4 cm³/mol. The molecule has 3 heterocycles. The Bertz CT molecular complexity index is 650. The first kappa shape index (κ1) is 11.3. The molecule has 17 heavy (non-hydrogen) atoms. The maximum Gasteiger partial charge on any atom is 0.358 e. The summed E-state index contributed by atoms with van der Waals surface area (Å²) in [4.78, 5) is 2.09. The van der Waals surface area contributed by atoms with Crippen molar-refractivity contribution in [3.63, 3.8) is 0 Å². The van der Waals surface area contributed by atoms with E-state index in [1.54, 1.807) is 22.7 Å². The van der Waals surface area contributed by atoms with Crippen molar-refractivity contribution in [2.45, 2.75) is 0 Å². The molecule has 0 radical (unpaired) electrons. The van der Waals surface area contributed by atoms with Crippen LogP contribution in [0.5, 0.6) is 0 Å². The van der Waals surface area contributed by atoms with Crippen LogP contribution in [0.2, 0.25) is 0 Å². The lowest BCUT2D eigenvalue weighted by Crippen LogP contribution is -2.48. The average molecular weight is 280 g/mol. The molecule has 2 aromatic heterocycles. The van der Waals surface area contributed by atoms with Gasteiger partial charge in [-0.2, -0.15) is 0 Å². The smallest absolute Gasteiger partial charge is 0.240 e. The predicted octanol–water partition coefficient (Wildman–Crippen LogP) is 1.44. The lowest BCUT2D eigenvalue weighted by Gasteiger charge is -2.09. The van der Waals surface area contributed by atoms with Crippen molar-refractivity contribution in [3.05, 3.63) is 32.6 Å². The Balaban J connectivity index is 2.34. The minimum absolute atomic E-state index is 0.514. The third-order valence-electron chi connectivity index (χ3n) is 2.83. The molecule has 1 aliphatic heterocycles. The van der Waals surface area contributed by atoms with Crippen molar-refractivity contribution >= 4 is 61.4 Å². The highest BCUT2D eigenvalue weighted by atomic mass is 32.2. The summed E-state index contributed by atoms with van der Waals surface area (Å²) in [7, 11) is -3.14. The van der Waals surface area contributed by atoms with Crippen molar-refractivity contribution in [3.8, 4) is 0 Å². The summed E-state index contributed by atoms with van der Waals surface area (Å²) in [5, 5.41) is 3.90. The molecule has 2 aromatic rings. The molecule has 0 fully saturated rings. The minimum Gasteiger partial charge on any atom is -0.240 e. The van der Waals surface area contributed by atoms with Gasteiger partial charge in [-0.05, 0) is 33.8 Å². The van der Waals surface area contributed by atoms with Gasteiger partial charge in [-0.3, -0.25) is 0 Å². The molecule has 0 bridgehead atoms. The van der Waals surface area contributed by atoms with Crippen LogP contribution in [0.4, 0.5) is 0 Å². The molecule has 0 saturated heterocycles. The van der Waals surface area contributed by atoms with Gasteiger partial charge in [-0.25, -0.2) is 8.42 Å². The van der Waals surface area contributed by atoms with Crippen molar-refractivity contribution in [2.75, 3.05) is 6.26 Å². The summed E-state index contributed by atoms with van der Waals surface area (Å²) in [6.45, 7) is 0. The number of hydrogen-bond donors (Lipinski definition) is 0. The fourth-order valence-corrected chi connectivity index (χ4v) is 5.29. The van der Waals surface area contributed by atoms with Crippen molar-refractivity contribution in [1.82, 2.24) is 0 Å². The second kappa shape index (κ2) is 3.83. The van der Waals surface area contributed by atoms with Crippen LogP contribution in [0.3, 0.4) is 0 Å². The maximum absolute atomic E-state index is 12.0. The number of thiophene rings is 2. The molecule has 0 saturated carbocycles. The highest BCUT2D eigenvalue weighted by Crippen LogP contribution is 2.21. The monoisotopic (exact) mass is 280 g/mol. The highest BCUT2D eigenvalue weighted by molar-refractivity contribution is 8.20. The van der Waals surface area contributed by atoms with Crippen LogP contribution in [0.1, 0.15) is 9.75 Å². The topological polar surface area (TPSA) is 34.1 Å². The molecular weight excluding hydrogens is 271 g/mol. The van der Waals surface area contributed by atoms with E-state index in [2.05, 4.69) is 0 Å². The molecule has 0 aromatic carbocycles. The van der Waals surface area contributed by atoms with E-state index in [0.717, 1.165) is 20.7 Å². The Morgan fingerprint density at radius 1 is 1.00 bits per heavy atom. The summed E-state index contributed by atoms with van der Waals surface area (Å²) in [5.74, 6) is -0.514. The summed E-state index contributed by atoms with van der Waals surface area (Å²) in [5.41, 5.74) is 1.82. The van der Waals surface area contributed by atoms with Gasteiger partial charge in [0, 0.05) is 16.0 Å². The van der Waals surface area contributed by atoms with E-state index < -0.39 is 15.7 Å². The Labute approximate surface area is 109 Å². The fraction of sp³-hybridized carbons (Fsp3) is 0.0909. The van der Waals surface area contributed by atoms with Gasteiger partial charge in [-0.15, -0.1) is 22.7 Å². The standard InChI is InChI=1S/C11H9BO2S3/c1-17(13,14)12-8-4-6-15-10(8)2-3-11-9(12)5-7-16-11/h2-7H,1H3. The van der Waals surface area contributed by atoms with Gasteiger partial charge in [0.15, 0.2) is 0 Å². The van der Waals surface area contributed by atoms with E-state index in [1.807, 2.05) is 35.0 Å². The van der Waals surface area contributed by atoms with E-state index in [1.165, 1.54) is 6.26 Å². The van der Waals surface area contributed by atoms with E-state index in [-0.39, 0.29) is 0 Å². The Morgan fingerprint density at radius 3 is 1.88 bits per heavy atom. The van der Waals surface area contributed by atoms with Crippen LogP contribution in [0.15, 0.2) is 22.9 Å². The zero-order valence-electron chi connectivity index (χ0n) is 9.08. The molecule has 1 aliphatic rings. The van der Waals surface area contributed by atoms with Crippen LogP contribution in [0.25, 0.3) is 12.2 Å². The summed E-state index contributed by atoms with van der Waals surface area (Å²) >= 11 is 3.17. The molecule has 0 spiro atoms. The molecular formula is C11H9BO2S3. The van der Waals surface area contributed by atoms with Crippen molar-refractivity contribution in [2.24, 2.45) is 0 Å². The Morgan fingerprint density at radius 2 is 1.47 bits per heavy atom. The van der Waals surface area contributed by atoms with Crippen LogP contribution >= 0.6 is 22.7 Å². The average Bonchev–Trinajstić information content (AvgIpc) is 2.82. The molecule has 0 aliphatic carbocycles. The minimum atomic E-state index is -3.14. The first-order valence-corrected chi connectivity index (χ1v) is 8.80. The van der Waals surface area contributed by atoms with Crippen LogP contribution in [-0.4, -0.2) is 20.7 Å². The Hall–Kier alpha value is -0.845. The summed E-state index contributed by atoms with van der Waals surface area (Å²) in [6, 6.07) is 3.84. The quantitative estimate of drug-likeness (QED) is 0.741. The van der Waals surface area contributed by atoms with Gasteiger partial charge in [0.05, 0.1) is 0 Å². The molecule has 3 rings (SSSR count). The first-order valence-electron chi connectivity index (χ1n) is 5.09. The third-order valence-corrected chi connectivity index (χ3v) is 5.99. The zero-order chi connectivity index (χ0) is 12.0. The largest absolute Gasteiger partial charge is 0.358 e. The van der Waals surface area contributed by atoms with E-state index in [0.29, 0.717) is 0 Å². The fourth-order valence-electron chi connectivity index (χ4n) is 2.15. The lowest BCUT2D eigenvalue weighted by molar-refractivity contribution is 0.614. The molecule has 2 nitrogen and oxygen atoms in total. The van der Waals surface area contributed by atoms with Gasteiger partial charge in [0.1, 0.15) is 9.69 Å². The lowest BCUT2D eigenvalue weighted by atomic mass is 9.62. The van der Waals surface area contributed by atoms with Crippen LogP contribution in [-0.2, 0) is 9.69 Å². The van der Waals surface area contributed by atoms with Gasteiger partial charge < -0.3 is 0 Å². The second-order valence-electron chi connectivity index (χ2n) is 4.02. The summed E-state index contributed by atoms with van der Waals surface area (Å²) < 4.78 is 24.1. The second-order valence-corrected chi connectivity index (χ2v) is 8.05. The Kier molecular flexibility index (Phi) is 2.54. The molecule has 0 unspecified atom stereocenters. The first-order chi connectivity index (χ1) is 8.07. The number of hydrogen-bond acceptors (Lipinski definition) is 4. The highest BCUT2D eigenvalue weighted by Gasteiger charge is 2.36. The number of rotatable bonds is 1. The van der Waals surface area contributed by atoms with Crippen molar-refractivity contribution in [1.29, 1.82) is 0 Å². The molecule has 0 N–H and O–H groups in total. The van der Waals surface area contributed by atoms with Crippen molar-refractivity contribution < 1.29 is 8.42 Å². The van der Waals surface area contributed by atoms with Gasteiger partial charge >= 0.3 is 5.99 Å². The number of fused-ring (bicyclic) bond motifs is 2. The van der Waals surface area contributed by atoms with Crippen LogP contribution in [0, 0.1) is 0 Å². The molecule has 0 atom stereocenters. The van der Waals surface area contributed by atoms with Gasteiger partial charge in [0.25, 0.3) is 0 Å². The molecule has 6 heteroatoms.